The van der Waals surface area contributed by atoms with Crippen LogP contribution in [0.25, 0.3) is 0 Å². The third-order valence-corrected chi connectivity index (χ3v) is 3.57. The molecule has 0 radical (unpaired) electrons. The molecule has 0 spiro atoms. The molecule has 1 heterocycles. The quantitative estimate of drug-likeness (QED) is 0.669. The second-order valence-electron chi connectivity index (χ2n) is 4.81. The van der Waals surface area contributed by atoms with E-state index in [2.05, 4.69) is 0 Å². The van der Waals surface area contributed by atoms with E-state index in [1.807, 2.05) is 6.92 Å². The molecule has 1 aromatic rings. The van der Waals surface area contributed by atoms with Crippen LogP contribution in [-0.4, -0.2) is 46.6 Å². The molecule has 1 N–H and O–H groups in total. The van der Waals surface area contributed by atoms with Crippen LogP contribution >= 0.6 is 0 Å². The van der Waals surface area contributed by atoms with Gasteiger partial charge in [-0.1, -0.05) is 0 Å². The highest BCUT2D eigenvalue weighted by atomic mass is 16.6. The van der Waals surface area contributed by atoms with Gasteiger partial charge in [0.25, 0.3) is 5.91 Å². The predicted octanol–water partition coefficient (Wildman–Crippen LogP) is 1.55. The van der Waals surface area contributed by atoms with Gasteiger partial charge in [0.2, 0.25) is 0 Å². The summed E-state index contributed by atoms with van der Waals surface area (Å²) in [7, 11) is 1.66. The first kappa shape index (κ1) is 14.3. The van der Waals surface area contributed by atoms with Gasteiger partial charge < -0.3 is 14.7 Å². The first-order valence-electron chi connectivity index (χ1n) is 6.28. The second-order valence-corrected chi connectivity index (χ2v) is 4.81. The fourth-order valence-electron chi connectivity index (χ4n) is 2.39. The number of benzene rings is 1. The minimum atomic E-state index is -0.694. The monoisotopic (exact) mass is 280 g/mol. The van der Waals surface area contributed by atoms with Crippen molar-refractivity contribution in [1.82, 2.24) is 4.90 Å². The molecule has 1 saturated heterocycles. The molecule has 7 heteroatoms. The summed E-state index contributed by atoms with van der Waals surface area (Å²) in [4.78, 5) is 23.8. The van der Waals surface area contributed by atoms with Crippen LogP contribution in [0.3, 0.4) is 0 Å². The van der Waals surface area contributed by atoms with Gasteiger partial charge in [0.05, 0.1) is 17.1 Å². The van der Waals surface area contributed by atoms with Crippen LogP contribution in [0, 0.1) is 10.1 Å². The molecule has 7 nitrogen and oxygen atoms in total. The molecule has 1 aliphatic heterocycles. The SMILES string of the molecule is CC1OCCC1N(C)C(=O)c1ccc([N+](=O)[O-])c(O)c1. The van der Waals surface area contributed by atoms with Crippen molar-refractivity contribution in [3.05, 3.63) is 33.9 Å². The Kier molecular flexibility index (Phi) is 3.89. The molecule has 1 fully saturated rings. The molecule has 108 valence electrons. The molecule has 1 amide bonds. The van der Waals surface area contributed by atoms with Crippen LogP contribution in [-0.2, 0) is 4.74 Å². The summed E-state index contributed by atoms with van der Waals surface area (Å²) >= 11 is 0. The molecule has 2 unspecified atom stereocenters. The summed E-state index contributed by atoms with van der Waals surface area (Å²) < 4.78 is 5.41. The van der Waals surface area contributed by atoms with Crippen molar-refractivity contribution in [3.63, 3.8) is 0 Å². The number of nitro groups is 1. The van der Waals surface area contributed by atoms with Gasteiger partial charge in [0.15, 0.2) is 5.75 Å². The number of likely N-dealkylation sites (N-methyl/N-ethyl adjacent to an activating group) is 1. The van der Waals surface area contributed by atoms with Crippen LogP contribution in [0.2, 0.25) is 0 Å². The van der Waals surface area contributed by atoms with Gasteiger partial charge in [0.1, 0.15) is 0 Å². The van der Waals surface area contributed by atoms with E-state index in [1.54, 1.807) is 11.9 Å². The molecule has 2 rings (SSSR count). The third kappa shape index (κ3) is 2.57. The van der Waals surface area contributed by atoms with Gasteiger partial charge in [-0.15, -0.1) is 0 Å². The number of ether oxygens (including phenoxy) is 1. The summed E-state index contributed by atoms with van der Waals surface area (Å²) in [6.07, 6.45) is 0.707. The highest BCUT2D eigenvalue weighted by Gasteiger charge is 2.31. The van der Waals surface area contributed by atoms with Crippen molar-refractivity contribution in [3.8, 4) is 5.75 Å². The molecule has 0 bridgehead atoms. The lowest BCUT2D eigenvalue weighted by molar-refractivity contribution is -0.385. The number of phenolic OH excluding ortho intramolecular Hbond substituents is 1. The second kappa shape index (κ2) is 5.46. The van der Waals surface area contributed by atoms with E-state index < -0.39 is 16.4 Å². The zero-order chi connectivity index (χ0) is 14.9. The number of phenols is 1. The van der Waals surface area contributed by atoms with E-state index in [-0.39, 0.29) is 23.6 Å². The summed E-state index contributed by atoms with van der Waals surface area (Å²) in [6.45, 7) is 2.50. The third-order valence-electron chi connectivity index (χ3n) is 3.57. The minimum Gasteiger partial charge on any atom is -0.502 e. The minimum absolute atomic E-state index is 0.0279. The van der Waals surface area contributed by atoms with Gasteiger partial charge in [-0.2, -0.15) is 0 Å². The molecule has 1 aliphatic rings. The number of nitrogens with zero attached hydrogens (tertiary/aromatic N) is 2. The Morgan fingerprint density at radius 3 is 2.75 bits per heavy atom. The van der Waals surface area contributed by atoms with Gasteiger partial charge in [0, 0.05) is 25.3 Å². The topological polar surface area (TPSA) is 92.9 Å². The zero-order valence-corrected chi connectivity index (χ0v) is 11.3. The number of carbonyl (C=O) groups excluding carboxylic acids is 1. The number of rotatable bonds is 3. The first-order chi connectivity index (χ1) is 9.41. The lowest BCUT2D eigenvalue weighted by Crippen LogP contribution is -2.40. The van der Waals surface area contributed by atoms with Crippen molar-refractivity contribution in [2.24, 2.45) is 0 Å². The van der Waals surface area contributed by atoms with E-state index >= 15 is 0 Å². The van der Waals surface area contributed by atoms with Crippen LogP contribution < -0.4 is 0 Å². The Labute approximate surface area is 115 Å². The molecule has 2 atom stereocenters. The van der Waals surface area contributed by atoms with E-state index in [1.165, 1.54) is 6.07 Å². The van der Waals surface area contributed by atoms with Crippen molar-refractivity contribution in [1.29, 1.82) is 0 Å². The smallest absolute Gasteiger partial charge is 0.310 e. The predicted molar refractivity (Wildman–Crippen MR) is 70.7 cm³/mol. The average Bonchev–Trinajstić information content (AvgIpc) is 2.82. The van der Waals surface area contributed by atoms with Crippen LogP contribution in [0.5, 0.6) is 5.75 Å². The summed E-state index contributed by atoms with van der Waals surface area (Å²) in [5.41, 5.74) is -0.198. The van der Waals surface area contributed by atoms with Crippen LogP contribution in [0.4, 0.5) is 5.69 Å². The van der Waals surface area contributed by atoms with Gasteiger partial charge in [-0.05, 0) is 25.5 Å². The highest BCUT2D eigenvalue weighted by molar-refractivity contribution is 5.95. The molecule has 0 saturated carbocycles. The Balaban J connectivity index is 2.21. The van der Waals surface area contributed by atoms with Gasteiger partial charge >= 0.3 is 5.69 Å². The van der Waals surface area contributed by atoms with Crippen LogP contribution in [0.1, 0.15) is 23.7 Å². The lowest BCUT2D eigenvalue weighted by atomic mass is 10.1. The Hall–Kier alpha value is -2.15. The highest BCUT2D eigenvalue weighted by Crippen LogP contribution is 2.27. The number of aromatic hydroxyl groups is 1. The largest absolute Gasteiger partial charge is 0.502 e. The number of hydrogen-bond acceptors (Lipinski definition) is 5. The molecule has 1 aromatic carbocycles. The Morgan fingerprint density at radius 2 is 2.25 bits per heavy atom. The van der Waals surface area contributed by atoms with Crippen LogP contribution in [0.15, 0.2) is 18.2 Å². The van der Waals surface area contributed by atoms with E-state index in [0.717, 1.165) is 18.6 Å². The fraction of sp³-hybridized carbons (Fsp3) is 0.462. The maximum atomic E-state index is 12.3. The molecular formula is C13H16N2O5. The fourth-order valence-corrected chi connectivity index (χ4v) is 2.39. The van der Waals surface area contributed by atoms with Crippen molar-refractivity contribution >= 4 is 11.6 Å². The Morgan fingerprint density at radius 1 is 1.55 bits per heavy atom. The maximum absolute atomic E-state index is 12.3. The first-order valence-corrected chi connectivity index (χ1v) is 6.28. The molecule has 0 aromatic heterocycles. The summed E-state index contributed by atoms with van der Waals surface area (Å²) in [5, 5.41) is 20.2. The van der Waals surface area contributed by atoms with Gasteiger partial charge in [-0.25, -0.2) is 0 Å². The number of carbonyl (C=O) groups is 1. The average molecular weight is 280 g/mol. The summed E-state index contributed by atoms with van der Waals surface area (Å²) in [5.74, 6) is -0.803. The van der Waals surface area contributed by atoms with E-state index in [0.29, 0.717) is 6.61 Å². The molecule has 20 heavy (non-hydrogen) atoms. The molecular weight excluding hydrogens is 264 g/mol. The normalized spacial score (nSPS) is 21.7. The van der Waals surface area contributed by atoms with E-state index in [4.69, 9.17) is 4.74 Å². The standard InChI is InChI=1S/C13H16N2O5/c1-8-10(5-6-20-8)14(2)13(17)9-3-4-11(15(18)19)12(16)7-9/h3-4,7-8,10,16H,5-6H2,1-2H3. The van der Waals surface area contributed by atoms with Gasteiger partial charge in [-0.3, -0.25) is 14.9 Å². The Bertz CT molecular complexity index is 546. The lowest BCUT2D eigenvalue weighted by Gasteiger charge is -2.26. The zero-order valence-electron chi connectivity index (χ0n) is 11.3. The maximum Gasteiger partial charge on any atom is 0.310 e. The number of amides is 1. The number of hydrogen-bond donors (Lipinski definition) is 1. The number of nitro benzene ring substituents is 1. The van der Waals surface area contributed by atoms with Crippen molar-refractivity contribution in [2.45, 2.75) is 25.5 Å². The van der Waals surface area contributed by atoms with Crippen molar-refractivity contribution < 1.29 is 19.6 Å². The van der Waals surface area contributed by atoms with E-state index in [9.17, 15) is 20.0 Å². The summed E-state index contributed by atoms with van der Waals surface area (Å²) in [6, 6.07) is 3.57. The molecule has 0 aliphatic carbocycles. The van der Waals surface area contributed by atoms with Crippen molar-refractivity contribution in [2.75, 3.05) is 13.7 Å².